The fourth-order valence-corrected chi connectivity index (χ4v) is 3.76. The third kappa shape index (κ3) is 3.98. The Balaban J connectivity index is 1.75. The van der Waals surface area contributed by atoms with Crippen molar-refractivity contribution in [3.05, 3.63) is 47.2 Å². The fourth-order valence-electron chi connectivity index (χ4n) is 3.61. The van der Waals surface area contributed by atoms with Crippen LogP contribution in [-0.4, -0.2) is 39.1 Å². The maximum Gasteiger partial charge on any atom is 0.303 e. The molecule has 2 aromatic heterocycles. The number of aliphatic carboxylic acids is 1. The summed E-state index contributed by atoms with van der Waals surface area (Å²) in [5.74, 6) is -1.53. The molecule has 0 saturated carbocycles. The van der Waals surface area contributed by atoms with Crippen molar-refractivity contribution in [3.8, 4) is 11.4 Å². The predicted molar refractivity (Wildman–Crippen MR) is 105 cm³/mol. The Labute approximate surface area is 170 Å². The lowest BCUT2D eigenvalue weighted by Crippen LogP contribution is -2.35. The van der Waals surface area contributed by atoms with Gasteiger partial charge < -0.3 is 10.0 Å². The number of piperidine rings is 1. The summed E-state index contributed by atoms with van der Waals surface area (Å²) >= 11 is 5.66. The van der Waals surface area contributed by atoms with Gasteiger partial charge in [0.05, 0.1) is 21.5 Å². The van der Waals surface area contributed by atoms with E-state index in [1.165, 1.54) is 0 Å². The van der Waals surface area contributed by atoms with Crippen molar-refractivity contribution < 1.29 is 18.7 Å². The number of carbonyl (C=O) groups is 1. The van der Waals surface area contributed by atoms with Crippen LogP contribution in [0.25, 0.3) is 22.3 Å². The molecule has 1 fully saturated rings. The Bertz CT molecular complexity index is 1090. The number of halogens is 3. The average molecular weight is 419 g/mol. The molecule has 1 aliphatic rings. The van der Waals surface area contributed by atoms with Crippen molar-refractivity contribution in [1.82, 2.24) is 15.0 Å². The quantitative estimate of drug-likeness (QED) is 0.636. The van der Waals surface area contributed by atoms with Crippen molar-refractivity contribution in [2.45, 2.75) is 19.3 Å². The number of carboxylic acid groups (broad SMARTS) is 1. The van der Waals surface area contributed by atoms with E-state index < -0.39 is 17.6 Å². The SMILES string of the molecule is O=C(O)CC1CCN(c2nc(-c3cc(F)c(Cl)cc3F)nc3ccncc23)CC1. The number of hydrogen-bond acceptors (Lipinski definition) is 5. The van der Waals surface area contributed by atoms with Crippen LogP contribution in [0.2, 0.25) is 5.02 Å². The van der Waals surface area contributed by atoms with Crippen LogP contribution in [0, 0.1) is 17.6 Å². The molecule has 4 rings (SSSR count). The highest BCUT2D eigenvalue weighted by Crippen LogP contribution is 2.32. The maximum absolute atomic E-state index is 14.5. The molecular formula is C20H17ClF2N4O2. The van der Waals surface area contributed by atoms with Crippen LogP contribution >= 0.6 is 11.6 Å². The lowest BCUT2D eigenvalue weighted by Gasteiger charge is -2.33. The van der Waals surface area contributed by atoms with Crippen molar-refractivity contribution in [3.63, 3.8) is 0 Å². The number of nitrogens with zero attached hydrogens (tertiary/aromatic N) is 4. The Morgan fingerprint density at radius 2 is 1.97 bits per heavy atom. The Hall–Kier alpha value is -2.87. The zero-order valence-electron chi connectivity index (χ0n) is 15.3. The largest absolute Gasteiger partial charge is 0.481 e. The second-order valence-electron chi connectivity index (χ2n) is 7.04. The van der Waals surface area contributed by atoms with E-state index in [0.29, 0.717) is 42.7 Å². The molecule has 1 saturated heterocycles. The fraction of sp³-hybridized carbons (Fsp3) is 0.300. The zero-order valence-corrected chi connectivity index (χ0v) is 16.0. The summed E-state index contributed by atoms with van der Waals surface area (Å²) in [6, 6.07) is 3.58. The van der Waals surface area contributed by atoms with Crippen LogP contribution < -0.4 is 4.90 Å². The highest BCUT2D eigenvalue weighted by atomic mass is 35.5. The molecule has 9 heteroatoms. The minimum Gasteiger partial charge on any atom is -0.481 e. The van der Waals surface area contributed by atoms with Gasteiger partial charge in [0.15, 0.2) is 5.82 Å². The van der Waals surface area contributed by atoms with Crippen molar-refractivity contribution >= 4 is 34.3 Å². The first-order valence-corrected chi connectivity index (χ1v) is 9.53. The van der Waals surface area contributed by atoms with E-state index in [-0.39, 0.29) is 28.7 Å². The molecule has 150 valence electrons. The van der Waals surface area contributed by atoms with Crippen molar-refractivity contribution in [2.24, 2.45) is 5.92 Å². The molecule has 3 heterocycles. The van der Waals surface area contributed by atoms with Crippen molar-refractivity contribution in [1.29, 1.82) is 0 Å². The van der Waals surface area contributed by atoms with Gasteiger partial charge in [0.25, 0.3) is 0 Å². The highest BCUT2D eigenvalue weighted by Gasteiger charge is 2.25. The molecule has 0 bridgehead atoms. The van der Waals surface area contributed by atoms with E-state index in [1.807, 2.05) is 4.90 Å². The highest BCUT2D eigenvalue weighted by molar-refractivity contribution is 6.30. The van der Waals surface area contributed by atoms with Crippen LogP contribution in [0.4, 0.5) is 14.6 Å². The molecule has 1 N–H and O–H groups in total. The first-order valence-electron chi connectivity index (χ1n) is 9.16. The molecule has 1 aliphatic heterocycles. The van der Waals surface area contributed by atoms with Crippen molar-refractivity contribution in [2.75, 3.05) is 18.0 Å². The molecule has 29 heavy (non-hydrogen) atoms. The summed E-state index contributed by atoms with van der Waals surface area (Å²) in [5, 5.41) is 9.39. The summed E-state index contributed by atoms with van der Waals surface area (Å²) < 4.78 is 28.4. The number of pyridine rings is 1. The van der Waals surface area contributed by atoms with E-state index in [1.54, 1.807) is 18.5 Å². The van der Waals surface area contributed by atoms with E-state index in [9.17, 15) is 13.6 Å². The first-order chi connectivity index (χ1) is 13.9. The molecule has 0 spiro atoms. The lowest BCUT2D eigenvalue weighted by molar-refractivity contribution is -0.138. The molecule has 0 unspecified atom stereocenters. The van der Waals surface area contributed by atoms with Crippen LogP contribution in [0.3, 0.4) is 0 Å². The number of benzene rings is 1. The summed E-state index contributed by atoms with van der Waals surface area (Å²) in [6.07, 6.45) is 4.76. The van der Waals surface area contributed by atoms with Gasteiger partial charge in [-0.2, -0.15) is 0 Å². The number of fused-ring (bicyclic) bond motifs is 1. The van der Waals surface area contributed by atoms with E-state index in [0.717, 1.165) is 12.1 Å². The number of anilines is 1. The van der Waals surface area contributed by atoms with E-state index >= 15 is 0 Å². The van der Waals surface area contributed by atoms with Gasteiger partial charge >= 0.3 is 5.97 Å². The monoisotopic (exact) mass is 418 g/mol. The van der Waals surface area contributed by atoms with E-state index in [4.69, 9.17) is 16.7 Å². The van der Waals surface area contributed by atoms with Crippen LogP contribution in [0.5, 0.6) is 0 Å². The Kier molecular flexibility index (Phi) is 5.27. The molecule has 6 nitrogen and oxygen atoms in total. The van der Waals surface area contributed by atoms with Crippen LogP contribution in [-0.2, 0) is 4.79 Å². The lowest BCUT2D eigenvalue weighted by atomic mass is 9.93. The molecule has 1 aromatic carbocycles. The topological polar surface area (TPSA) is 79.2 Å². The zero-order chi connectivity index (χ0) is 20.5. The Morgan fingerprint density at radius 3 is 2.69 bits per heavy atom. The second kappa shape index (κ2) is 7.87. The third-order valence-electron chi connectivity index (χ3n) is 5.11. The van der Waals surface area contributed by atoms with E-state index in [2.05, 4.69) is 15.0 Å². The minimum atomic E-state index is -0.803. The average Bonchev–Trinajstić information content (AvgIpc) is 2.70. The smallest absolute Gasteiger partial charge is 0.303 e. The molecule has 0 aliphatic carbocycles. The Morgan fingerprint density at radius 1 is 1.21 bits per heavy atom. The maximum atomic E-state index is 14.5. The minimum absolute atomic E-state index is 0.0550. The standard InChI is InChI=1S/C20H17ClF2N4O2/c21-14-9-15(22)12(8-16(14)23)19-25-17-1-4-24-10-13(17)20(26-19)27-5-2-11(3-6-27)7-18(28)29/h1,4,8-11H,2-3,5-7H2,(H,28,29). The number of rotatable bonds is 4. The predicted octanol–water partition coefficient (Wildman–Crippen LogP) is 4.31. The molecular weight excluding hydrogens is 402 g/mol. The van der Waals surface area contributed by atoms with Gasteiger partial charge in [-0.05, 0) is 37.0 Å². The van der Waals surface area contributed by atoms with Crippen LogP contribution in [0.15, 0.2) is 30.6 Å². The van der Waals surface area contributed by atoms with Gasteiger partial charge in [0.1, 0.15) is 17.5 Å². The summed E-state index contributed by atoms with van der Waals surface area (Å²) in [4.78, 5) is 26.0. The van der Waals surface area contributed by atoms with Gasteiger partial charge in [0, 0.05) is 31.9 Å². The summed E-state index contributed by atoms with van der Waals surface area (Å²) in [5.41, 5.74) is 0.482. The summed E-state index contributed by atoms with van der Waals surface area (Å²) in [6.45, 7) is 1.21. The molecule has 0 radical (unpaired) electrons. The van der Waals surface area contributed by atoms with Crippen LogP contribution in [0.1, 0.15) is 19.3 Å². The van der Waals surface area contributed by atoms with Gasteiger partial charge in [-0.3, -0.25) is 9.78 Å². The first kappa shape index (κ1) is 19.4. The second-order valence-corrected chi connectivity index (χ2v) is 7.45. The van der Waals surface area contributed by atoms with Gasteiger partial charge in [0.2, 0.25) is 0 Å². The molecule has 3 aromatic rings. The molecule has 0 atom stereocenters. The van der Waals surface area contributed by atoms with Gasteiger partial charge in [-0.25, -0.2) is 18.7 Å². The number of aromatic nitrogens is 3. The molecule has 0 amide bonds. The third-order valence-corrected chi connectivity index (χ3v) is 5.39. The normalized spacial score (nSPS) is 15.1. The number of hydrogen-bond donors (Lipinski definition) is 1. The van der Waals surface area contributed by atoms with Gasteiger partial charge in [-0.1, -0.05) is 11.6 Å². The van der Waals surface area contributed by atoms with Gasteiger partial charge in [-0.15, -0.1) is 0 Å². The number of carboxylic acids is 1. The summed E-state index contributed by atoms with van der Waals surface area (Å²) in [7, 11) is 0.